The first-order valence-corrected chi connectivity index (χ1v) is 10.1. The Morgan fingerprint density at radius 2 is 2.41 bits per heavy atom. The highest BCUT2D eigenvalue weighted by Gasteiger charge is 2.25. The predicted octanol–water partition coefficient (Wildman–Crippen LogP) is 2.34. The number of carbonyl (C=O) groups is 1. The standard InChI is InChI=1S/C17H25N5O4S/c1-3-4-7-13(15(23)18-14-9-11(2)26-21-14)27-17-20-19-16(24)22(17)10-12-6-5-8-25-12/h9,12-13H,3-8,10H2,1-2H3,(H,19,24)(H,18,21,23). The lowest BCUT2D eigenvalue weighted by Crippen LogP contribution is -2.28. The minimum Gasteiger partial charge on any atom is -0.376 e. The molecular formula is C17H25N5O4S. The number of hydrogen-bond acceptors (Lipinski definition) is 7. The molecule has 3 heterocycles. The van der Waals surface area contributed by atoms with Crippen molar-refractivity contribution in [3.8, 4) is 0 Å². The van der Waals surface area contributed by atoms with Crippen molar-refractivity contribution in [3.05, 3.63) is 22.3 Å². The maximum absolute atomic E-state index is 12.7. The van der Waals surface area contributed by atoms with Crippen molar-refractivity contribution in [1.29, 1.82) is 0 Å². The van der Waals surface area contributed by atoms with Crippen LogP contribution in [-0.4, -0.2) is 43.8 Å². The molecule has 2 aromatic rings. The zero-order chi connectivity index (χ0) is 19.2. The predicted molar refractivity (Wildman–Crippen MR) is 101 cm³/mol. The quantitative estimate of drug-likeness (QED) is 0.626. The first kappa shape index (κ1) is 19.7. The van der Waals surface area contributed by atoms with E-state index >= 15 is 0 Å². The summed E-state index contributed by atoms with van der Waals surface area (Å²) in [7, 11) is 0. The number of thioether (sulfide) groups is 1. The molecule has 27 heavy (non-hydrogen) atoms. The average molecular weight is 395 g/mol. The van der Waals surface area contributed by atoms with Gasteiger partial charge in [0.25, 0.3) is 0 Å². The van der Waals surface area contributed by atoms with Crippen LogP contribution in [-0.2, 0) is 16.1 Å². The van der Waals surface area contributed by atoms with Gasteiger partial charge in [0.2, 0.25) is 5.91 Å². The lowest BCUT2D eigenvalue weighted by molar-refractivity contribution is -0.115. The number of unbranched alkanes of at least 4 members (excludes halogenated alkanes) is 1. The molecule has 148 valence electrons. The Bertz CT molecular complexity index is 808. The molecule has 10 heteroatoms. The number of ether oxygens (including phenoxy) is 1. The number of anilines is 1. The van der Waals surface area contributed by atoms with Crippen LogP contribution in [0, 0.1) is 6.92 Å². The van der Waals surface area contributed by atoms with Gasteiger partial charge < -0.3 is 14.6 Å². The number of carbonyl (C=O) groups excluding carboxylic acids is 1. The maximum atomic E-state index is 12.7. The van der Waals surface area contributed by atoms with E-state index in [0.29, 0.717) is 29.7 Å². The molecule has 0 aromatic carbocycles. The fourth-order valence-corrected chi connectivity index (χ4v) is 4.03. The minimum atomic E-state index is -0.389. The van der Waals surface area contributed by atoms with Gasteiger partial charge in [0.05, 0.1) is 17.9 Å². The molecule has 0 saturated carbocycles. The molecule has 0 bridgehead atoms. The van der Waals surface area contributed by atoms with Crippen LogP contribution in [0.2, 0.25) is 0 Å². The molecule has 1 aliphatic heterocycles. The van der Waals surface area contributed by atoms with Gasteiger partial charge in [0.1, 0.15) is 5.76 Å². The fourth-order valence-electron chi connectivity index (χ4n) is 2.94. The molecule has 0 aliphatic carbocycles. The molecule has 2 atom stereocenters. The van der Waals surface area contributed by atoms with Crippen molar-refractivity contribution in [2.45, 2.75) is 69.0 Å². The van der Waals surface area contributed by atoms with Crippen LogP contribution in [0.3, 0.4) is 0 Å². The van der Waals surface area contributed by atoms with Crippen LogP contribution in [0.25, 0.3) is 0 Å². The second kappa shape index (κ2) is 9.23. The number of aromatic nitrogens is 4. The Labute approximate surface area is 161 Å². The zero-order valence-corrected chi connectivity index (χ0v) is 16.4. The molecule has 2 unspecified atom stereocenters. The molecule has 1 amide bonds. The van der Waals surface area contributed by atoms with Gasteiger partial charge in [-0.1, -0.05) is 36.7 Å². The van der Waals surface area contributed by atoms with Gasteiger partial charge >= 0.3 is 5.69 Å². The van der Waals surface area contributed by atoms with E-state index in [1.54, 1.807) is 17.6 Å². The van der Waals surface area contributed by atoms with Crippen molar-refractivity contribution in [2.24, 2.45) is 0 Å². The SMILES string of the molecule is CCCCC(Sc1n[nH]c(=O)n1CC1CCCO1)C(=O)Nc1cc(C)on1. The summed E-state index contributed by atoms with van der Waals surface area (Å²) < 4.78 is 12.2. The number of nitrogens with one attached hydrogen (secondary N) is 2. The van der Waals surface area contributed by atoms with Crippen molar-refractivity contribution in [1.82, 2.24) is 19.9 Å². The van der Waals surface area contributed by atoms with E-state index in [1.807, 2.05) is 0 Å². The molecule has 0 spiro atoms. The molecule has 9 nitrogen and oxygen atoms in total. The summed E-state index contributed by atoms with van der Waals surface area (Å²) in [5.74, 6) is 0.833. The van der Waals surface area contributed by atoms with E-state index < -0.39 is 0 Å². The second-order valence-corrected chi connectivity index (χ2v) is 7.79. The van der Waals surface area contributed by atoms with Crippen molar-refractivity contribution < 1.29 is 14.1 Å². The van der Waals surface area contributed by atoms with Gasteiger partial charge in [-0.25, -0.2) is 9.89 Å². The third kappa shape index (κ3) is 5.23. The lowest BCUT2D eigenvalue weighted by atomic mass is 10.2. The van der Waals surface area contributed by atoms with Gasteiger partial charge in [0, 0.05) is 12.7 Å². The third-order valence-electron chi connectivity index (χ3n) is 4.37. The second-order valence-electron chi connectivity index (χ2n) is 6.62. The molecule has 1 saturated heterocycles. The van der Waals surface area contributed by atoms with Crippen molar-refractivity contribution >= 4 is 23.5 Å². The van der Waals surface area contributed by atoms with Gasteiger partial charge in [-0.15, -0.1) is 5.10 Å². The number of hydrogen-bond donors (Lipinski definition) is 2. The van der Waals surface area contributed by atoms with E-state index in [0.717, 1.165) is 32.3 Å². The highest BCUT2D eigenvalue weighted by molar-refractivity contribution is 8.00. The van der Waals surface area contributed by atoms with Crippen LogP contribution in [0.4, 0.5) is 5.82 Å². The molecular weight excluding hydrogens is 370 g/mol. The number of aryl methyl sites for hydroxylation is 1. The molecule has 3 rings (SSSR count). The summed E-state index contributed by atoms with van der Waals surface area (Å²) in [5.41, 5.74) is -0.283. The Hall–Kier alpha value is -2.07. The van der Waals surface area contributed by atoms with Crippen LogP contribution < -0.4 is 11.0 Å². The number of nitrogens with zero attached hydrogens (tertiary/aromatic N) is 3. The van der Waals surface area contributed by atoms with Crippen molar-refractivity contribution in [2.75, 3.05) is 11.9 Å². The molecule has 1 aliphatic rings. The highest BCUT2D eigenvalue weighted by atomic mass is 32.2. The molecule has 2 N–H and O–H groups in total. The Kier molecular flexibility index (Phi) is 6.73. The third-order valence-corrected chi connectivity index (χ3v) is 5.63. The van der Waals surface area contributed by atoms with Crippen LogP contribution in [0.1, 0.15) is 44.8 Å². The fraction of sp³-hybridized carbons (Fsp3) is 0.647. The smallest absolute Gasteiger partial charge is 0.344 e. The Morgan fingerprint density at radius 1 is 1.56 bits per heavy atom. The number of aromatic amines is 1. The first-order valence-electron chi connectivity index (χ1n) is 9.24. The number of rotatable bonds is 9. The van der Waals surface area contributed by atoms with E-state index in [-0.39, 0.29) is 23.0 Å². The van der Waals surface area contributed by atoms with E-state index in [4.69, 9.17) is 9.26 Å². The summed E-state index contributed by atoms with van der Waals surface area (Å²) in [6.07, 6.45) is 4.47. The average Bonchev–Trinajstić information content (AvgIpc) is 3.37. The van der Waals surface area contributed by atoms with Gasteiger partial charge in [-0.05, 0) is 26.2 Å². The first-order chi connectivity index (χ1) is 13.1. The van der Waals surface area contributed by atoms with Crippen LogP contribution in [0.15, 0.2) is 20.5 Å². The summed E-state index contributed by atoms with van der Waals surface area (Å²) in [4.78, 5) is 24.9. The number of H-pyrrole nitrogens is 1. The topological polar surface area (TPSA) is 115 Å². The van der Waals surface area contributed by atoms with Gasteiger partial charge in [0.15, 0.2) is 11.0 Å². The molecule has 1 fully saturated rings. The van der Waals surface area contributed by atoms with E-state index in [2.05, 4.69) is 27.6 Å². The zero-order valence-electron chi connectivity index (χ0n) is 15.6. The highest BCUT2D eigenvalue weighted by Crippen LogP contribution is 2.26. The normalized spacial score (nSPS) is 17.9. The lowest BCUT2D eigenvalue weighted by Gasteiger charge is -2.16. The summed E-state index contributed by atoms with van der Waals surface area (Å²) in [6, 6.07) is 1.67. The molecule has 0 radical (unpaired) electrons. The van der Waals surface area contributed by atoms with E-state index in [9.17, 15) is 9.59 Å². The Morgan fingerprint density at radius 3 is 3.07 bits per heavy atom. The summed E-state index contributed by atoms with van der Waals surface area (Å²) in [5, 5.41) is 13.3. The summed E-state index contributed by atoms with van der Waals surface area (Å²) >= 11 is 1.29. The Balaban J connectivity index is 1.71. The summed E-state index contributed by atoms with van der Waals surface area (Å²) in [6.45, 7) is 5.00. The number of amides is 1. The largest absolute Gasteiger partial charge is 0.376 e. The molecule has 2 aromatic heterocycles. The van der Waals surface area contributed by atoms with Crippen molar-refractivity contribution in [3.63, 3.8) is 0 Å². The van der Waals surface area contributed by atoms with Crippen LogP contribution in [0.5, 0.6) is 0 Å². The van der Waals surface area contributed by atoms with Crippen LogP contribution >= 0.6 is 11.8 Å². The van der Waals surface area contributed by atoms with Gasteiger partial charge in [-0.3, -0.25) is 9.36 Å². The maximum Gasteiger partial charge on any atom is 0.344 e. The van der Waals surface area contributed by atoms with E-state index in [1.165, 1.54) is 11.8 Å². The minimum absolute atomic E-state index is 0.0145. The van der Waals surface area contributed by atoms with Gasteiger partial charge in [-0.2, -0.15) is 0 Å². The monoisotopic (exact) mass is 395 g/mol.